The van der Waals surface area contributed by atoms with E-state index in [1.165, 1.54) is 50.8 Å². The van der Waals surface area contributed by atoms with Crippen LogP contribution < -0.4 is 5.32 Å². The largest absolute Gasteiger partial charge is 0.325 e. The van der Waals surface area contributed by atoms with Crippen LogP contribution in [0.1, 0.15) is 51.4 Å². The van der Waals surface area contributed by atoms with E-state index in [4.69, 9.17) is 0 Å². The third kappa shape index (κ3) is 3.39. The van der Waals surface area contributed by atoms with Gasteiger partial charge in [0.15, 0.2) is 5.82 Å². The van der Waals surface area contributed by atoms with Gasteiger partial charge >= 0.3 is 6.03 Å². The average molecular weight is 305 g/mol. The van der Waals surface area contributed by atoms with Gasteiger partial charge in [0, 0.05) is 19.3 Å². The molecule has 2 fully saturated rings. The van der Waals surface area contributed by atoms with Crippen molar-refractivity contribution in [3.8, 4) is 0 Å². The highest BCUT2D eigenvalue weighted by Gasteiger charge is 2.34. The summed E-state index contributed by atoms with van der Waals surface area (Å²) < 4.78 is 13.6. The molecule has 5 heteroatoms. The average Bonchev–Trinajstić information content (AvgIpc) is 2.73. The SMILES string of the molecule is O=C(Nc1ccncc1F)N1CCCC2(CCCCC2)CC1. The zero-order valence-electron chi connectivity index (χ0n) is 13.0. The van der Waals surface area contributed by atoms with Crippen molar-refractivity contribution in [1.29, 1.82) is 0 Å². The fourth-order valence-corrected chi connectivity index (χ4v) is 3.93. The van der Waals surface area contributed by atoms with Gasteiger partial charge in [0.1, 0.15) is 0 Å². The summed E-state index contributed by atoms with van der Waals surface area (Å²) in [4.78, 5) is 17.9. The van der Waals surface area contributed by atoms with Gasteiger partial charge in [-0.05, 0) is 43.6 Å². The van der Waals surface area contributed by atoms with Gasteiger partial charge in [-0.15, -0.1) is 0 Å². The second-order valence-corrected chi connectivity index (χ2v) is 6.69. The van der Waals surface area contributed by atoms with Crippen molar-refractivity contribution < 1.29 is 9.18 Å². The lowest BCUT2D eigenvalue weighted by Gasteiger charge is -2.36. The Bertz CT molecular complexity index is 528. The molecule has 0 unspecified atom stereocenters. The smallest absolute Gasteiger partial charge is 0.321 e. The van der Waals surface area contributed by atoms with Gasteiger partial charge in [0.25, 0.3) is 0 Å². The molecule has 2 heterocycles. The fourth-order valence-electron chi connectivity index (χ4n) is 3.93. The lowest BCUT2D eigenvalue weighted by atomic mass is 9.69. The van der Waals surface area contributed by atoms with Gasteiger partial charge in [-0.2, -0.15) is 0 Å². The Balaban J connectivity index is 1.61. The molecule has 2 amide bonds. The number of nitrogens with zero attached hydrogens (tertiary/aromatic N) is 2. The van der Waals surface area contributed by atoms with Gasteiger partial charge in [-0.3, -0.25) is 4.98 Å². The lowest BCUT2D eigenvalue weighted by molar-refractivity contribution is 0.159. The molecule has 120 valence electrons. The molecular weight excluding hydrogens is 281 g/mol. The van der Waals surface area contributed by atoms with Gasteiger partial charge in [-0.1, -0.05) is 19.3 Å². The number of hydrogen-bond acceptors (Lipinski definition) is 2. The number of rotatable bonds is 1. The van der Waals surface area contributed by atoms with Gasteiger partial charge in [0.05, 0.1) is 11.9 Å². The van der Waals surface area contributed by atoms with Gasteiger partial charge in [-0.25, -0.2) is 9.18 Å². The maximum absolute atomic E-state index is 13.6. The maximum atomic E-state index is 13.6. The van der Waals surface area contributed by atoms with E-state index in [1.54, 1.807) is 0 Å². The van der Waals surface area contributed by atoms with Crippen LogP contribution in [-0.2, 0) is 0 Å². The van der Waals surface area contributed by atoms with Crippen LogP contribution in [0, 0.1) is 11.2 Å². The molecule has 1 spiro atoms. The first kappa shape index (κ1) is 15.3. The van der Waals surface area contributed by atoms with Crippen LogP contribution in [0.25, 0.3) is 0 Å². The first-order valence-electron chi connectivity index (χ1n) is 8.34. The molecule has 1 aliphatic heterocycles. The minimum Gasteiger partial charge on any atom is -0.325 e. The Morgan fingerprint density at radius 1 is 1.14 bits per heavy atom. The predicted molar refractivity (Wildman–Crippen MR) is 84.2 cm³/mol. The van der Waals surface area contributed by atoms with Crippen LogP contribution in [0.2, 0.25) is 0 Å². The maximum Gasteiger partial charge on any atom is 0.321 e. The molecule has 0 radical (unpaired) electrons. The normalized spacial score (nSPS) is 21.4. The molecule has 1 aromatic rings. The van der Waals surface area contributed by atoms with E-state index in [0.717, 1.165) is 32.1 Å². The van der Waals surface area contributed by atoms with Crippen molar-refractivity contribution in [3.63, 3.8) is 0 Å². The van der Waals surface area contributed by atoms with Crippen LogP contribution in [0.5, 0.6) is 0 Å². The number of hydrogen-bond donors (Lipinski definition) is 1. The molecule has 0 bridgehead atoms. The quantitative estimate of drug-likeness (QED) is 0.845. The highest BCUT2D eigenvalue weighted by atomic mass is 19.1. The number of carbonyl (C=O) groups excluding carboxylic acids is 1. The second-order valence-electron chi connectivity index (χ2n) is 6.69. The van der Waals surface area contributed by atoms with Crippen molar-refractivity contribution in [1.82, 2.24) is 9.88 Å². The predicted octanol–water partition coefficient (Wildman–Crippen LogP) is 4.19. The lowest BCUT2D eigenvalue weighted by Crippen LogP contribution is -2.36. The molecule has 1 aromatic heterocycles. The van der Waals surface area contributed by atoms with Crippen LogP contribution in [-0.4, -0.2) is 29.0 Å². The highest BCUT2D eigenvalue weighted by Crippen LogP contribution is 2.44. The van der Waals surface area contributed by atoms with E-state index in [9.17, 15) is 9.18 Å². The van der Waals surface area contributed by atoms with E-state index in [1.807, 2.05) is 4.90 Å². The number of aromatic nitrogens is 1. The van der Waals surface area contributed by atoms with Crippen LogP contribution in [0.3, 0.4) is 0 Å². The summed E-state index contributed by atoms with van der Waals surface area (Å²) in [6.07, 6.45) is 12.6. The van der Waals surface area contributed by atoms with Crippen molar-refractivity contribution in [2.75, 3.05) is 18.4 Å². The molecule has 1 N–H and O–H groups in total. The third-order valence-corrected chi connectivity index (χ3v) is 5.26. The van der Waals surface area contributed by atoms with E-state index in [2.05, 4.69) is 10.3 Å². The number of halogens is 1. The Hall–Kier alpha value is -1.65. The topological polar surface area (TPSA) is 45.2 Å². The summed E-state index contributed by atoms with van der Waals surface area (Å²) in [5, 5.41) is 2.67. The molecule has 1 saturated carbocycles. The van der Waals surface area contributed by atoms with E-state index >= 15 is 0 Å². The number of carbonyl (C=O) groups is 1. The summed E-state index contributed by atoms with van der Waals surface area (Å²) in [5.74, 6) is -0.491. The molecule has 3 rings (SSSR count). The molecule has 22 heavy (non-hydrogen) atoms. The Morgan fingerprint density at radius 2 is 1.91 bits per heavy atom. The number of pyridine rings is 1. The van der Waals surface area contributed by atoms with Crippen LogP contribution in [0.4, 0.5) is 14.9 Å². The zero-order chi connectivity index (χ0) is 15.4. The number of likely N-dealkylation sites (tertiary alicyclic amines) is 1. The first-order chi connectivity index (χ1) is 10.7. The van der Waals surface area contributed by atoms with Crippen molar-refractivity contribution in [3.05, 3.63) is 24.3 Å². The van der Waals surface area contributed by atoms with Gasteiger partial charge in [0.2, 0.25) is 0 Å². The third-order valence-electron chi connectivity index (χ3n) is 5.26. The Labute approximate surface area is 131 Å². The fraction of sp³-hybridized carbons (Fsp3) is 0.647. The van der Waals surface area contributed by atoms with Crippen molar-refractivity contribution in [2.45, 2.75) is 51.4 Å². The number of nitrogens with one attached hydrogen (secondary N) is 1. The molecule has 0 atom stereocenters. The minimum atomic E-state index is -0.491. The standard InChI is InChI=1S/C17H24FN3O/c18-14-13-19-10-5-15(14)20-16(22)21-11-4-8-17(9-12-21)6-2-1-3-7-17/h5,10,13H,1-4,6-9,11-12H2,(H,19,20,22). The number of amides is 2. The summed E-state index contributed by atoms with van der Waals surface area (Å²) in [6, 6.07) is 1.30. The van der Waals surface area contributed by atoms with Gasteiger partial charge < -0.3 is 10.2 Å². The molecule has 1 aliphatic carbocycles. The van der Waals surface area contributed by atoms with Crippen molar-refractivity contribution in [2.24, 2.45) is 5.41 Å². The molecule has 2 aliphatic rings. The summed E-state index contributed by atoms with van der Waals surface area (Å²) in [6.45, 7) is 1.54. The highest BCUT2D eigenvalue weighted by molar-refractivity contribution is 5.89. The van der Waals surface area contributed by atoms with E-state index < -0.39 is 5.82 Å². The molecule has 0 aromatic carbocycles. The van der Waals surface area contributed by atoms with Crippen LogP contribution >= 0.6 is 0 Å². The Morgan fingerprint density at radius 3 is 2.68 bits per heavy atom. The number of anilines is 1. The zero-order valence-corrected chi connectivity index (χ0v) is 13.0. The van der Waals surface area contributed by atoms with Crippen molar-refractivity contribution >= 4 is 11.7 Å². The van der Waals surface area contributed by atoms with E-state index in [0.29, 0.717) is 5.41 Å². The monoisotopic (exact) mass is 305 g/mol. The second kappa shape index (κ2) is 6.63. The molecule has 4 nitrogen and oxygen atoms in total. The summed E-state index contributed by atoms with van der Waals surface area (Å²) in [7, 11) is 0. The molecule has 1 saturated heterocycles. The van der Waals surface area contributed by atoms with E-state index in [-0.39, 0.29) is 11.7 Å². The number of urea groups is 1. The Kier molecular flexibility index (Phi) is 4.60. The molecular formula is C17H24FN3O. The summed E-state index contributed by atoms with van der Waals surface area (Å²) >= 11 is 0. The minimum absolute atomic E-state index is 0.196. The summed E-state index contributed by atoms with van der Waals surface area (Å²) in [5.41, 5.74) is 0.659. The first-order valence-corrected chi connectivity index (χ1v) is 8.34. The van der Waals surface area contributed by atoms with Crippen LogP contribution in [0.15, 0.2) is 18.5 Å².